The molecule has 0 aliphatic heterocycles. The van der Waals surface area contributed by atoms with Crippen molar-refractivity contribution in [2.75, 3.05) is 38.0 Å². The highest BCUT2D eigenvalue weighted by atomic mass is 32.2. The van der Waals surface area contributed by atoms with Crippen LogP contribution in [0, 0.1) is 5.92 Å². The molecule has 1 unspecified atom stereocenters. The minimum absolute atomic E-state index is 0.0310. The summed E-state index contributed by atoms with van der Waals surface area (Å²) in [5.41, 5.74) is 2.37. The molecule has 0 aliphatic rings. The predicted molar refractivity (Wildman–Crippen MR) is 142 cm³/mol. The zero-order valence-electron chi connectivity index (χ0n) is 21.1. The number of aliphatic carboxylic acids is 1. The molecular formula is C25H47NO3S2. The number of hydrogen-bond acceptors (Lipinski definition) is 5. The van der Waals surface area contributed by atoms with E-state index in [-0.39, 0.29) is 6.54 Å². The number of nitrogens with zero attached hydrogens (tertiary/aromatic N) is 1. The summed E-state index contributed by atoms with van der Waals surface area (Å²) in [6.45, 7) is 14.0. The van der Waals surface area contributed by atoms with E-state index in [2.05, 4.69) is 58.7 Å². The number of rotatable bonds is 13. The van der Waals surface area contributed by atoms with E-state index in [0.29, 0.717) is 25.0 Å². The minimum atomic E-state index is -0.810. The Kier molecular flexibility index (Phi) is 21.9. The summed E-state index contributed by atoms with van der Waals surface area (Å²) in [6.07, 6.45) is 5.47. The molecule has 31 heavy (non-hydrogen) atoms. The van der Waals surface area contributed by atoms with Crippen molar-refractivity contribution >= 4 is 30.4 Å². The second kappa shape index (κ2) is 21.0. The van der Waals surface area contributed by atoms with E-state index in [9.17, 15) is 4.79 Å². The second-order valence-electron chi connectivity index (χ2n) is 7.63. The zero-order valence-corrected chi connectivity index (χ0v) is 22.8. The highest BCUT2D eigenvalue weighted by Crippen LogP contribution is 2.26. The minimum Gasteiger partial charge on any atom is -0.494 e. The van der Waals surface area contributed by atoms with E-state index >= 15 is 0 Å². The first kappa shape index (κ1) is 32.3. The van der Waals surface area contributed by atoms with Crippen LogP contribution >= 0.6 is 24.4 Å². The maximum atomic E-state index is 10.9. The molecule has 4 nitrogen and oxygen atoms in total. The van der Waals surface area contributed by atoms with E-state index < -0.39 is 5.97 Å². The van der Waals surface area contributed by atoms with Crippen LogP contribution in [0.5, 0.6) is 5.75 Å². The summed E-state index contributed by atoms with van der Waals surface area (Å²) < 4.78 is 5.95. The number of carboxylic acids is 1. The fourth-order valence-electron chi connectivity index (χ4n) is 3.03. The molecule has 1 aromatic rings. The Morgan fingerprint density at radius 1 is 1.23 bits per heavy atom. The number of likely N-dealkylation sites (N-methyl/N-ethyl adjacent to an activating group) is 1. The molecule has 1 N–H and O–H groups in total. The van der Waals surface area contributed by atoms with Gasteiger partial charge in [-0.25, -0.2) is 0 Å². The van der Waals surface area contributed by atoms with Crippen LogP contribution in [0.3, 0.4) is 0 Å². The molecule has 0 fully saturated rings. The van der Waals surface area contributed by atoms with Crippen molar-refractivity contribution in [3.05, 3.63) is 29.3 Å². The molecule has 0 heterocycles. The number of hydrogen-bond donors (Lipinski definition) is 2. The first-order valence-electron chi connectivity index (χ1n) is 11.5. The summed E-state index contributed by atoms with van der Waals surface area (Å²) in [6, 6.07) is 6.18. The molecule has 0 spiro atoms. The lowest BCUT2D eigenvalue weighted by atomic mass is 9.96. The van der Waals surface area contributed by atoms with Gasteiger partial charge in [0.2, 0.25) is 0 Å². The summed E-state index contributed by atoms with van der Waals surface area (Å²) >= 11 is 6.27. The van der Waals surface area contributed by atoms with Gasteiger partial charge in [0.25, 0.3) is 0 Å². The van der Waals surface area contributed by atoms with E-state index in [1.807, 2.05) is 43.6 Å². The summed E-state index contributed by atoms with van der Waals surface area (Å²) in [4.78, 5) is 12.7. The van der Waals surface area contributed by atoms with E-state index in [0.717, 1.165) is 23.5 Å². The Morgan fingerprint density at radius 2 is 1.84 bits per heavy atom. The number of carbonyl (C=O) groups is 1. The summed E-state index contributed by atoms with van der Waals surface area (Å²) in [5, 5.41) is 8.96. The number of thioether (sulfide) groups is 1. The van der Waals surface area contributed by atoms with Crippen molar-refractivity contribution in [1.82, 2.24) is 4.90 Å². The van der Waals surface area contributed by atoms with Crippen molar-refractivity contribution in [2.45, 2.75) is 73.3 Å². The lowest BCUT2D eigenvalue weighted by Crippen LogP contribution is -2.25. The van der Waals surface area contributed by atoms with Crippen molar-refractivity contribution in [1.29, 1.82) is 0 Å². The van der Waals surface area contributed by atoms with Gasteiger partial charge < -0.3 is 9.84 Å². The van der Waals surface area contributed by atoms with Gasteiger partial charge in [0, 0.05) is 6.54 Å². The molecule has 0 aliphatic carbocycles. The molecule has 1 aromatic carbocycles. The third-order valence-corrected chi connectivity index (χ3v) is 5.71. The average Bonchev–Trinajstić information content (AvgIpc) is 2.74. The highest BCUT2D eigenvalue weighted by molar-refractivity contribution is 7.98. The van der Waals surface area contributed by atoms with Gasteiger partial charge in [-0.3, -0.25) is 9.69 Å². The smallest absolute Gasteiger partial charge is 0.317 e. The maximum absolute atomic E-state index is 10.9. The highest BCUT2D eigenvalue weighted by Gasteiger charge is 2.13. The number of ether oxygens (including phenoxy) is 1. The lowest BCUT2D eigenvalue weighted by Gasteiger charge is -2.20. The van der Waals surface area contributed by atoms with Crippen LogP contribution in [0.15, 0.2) is 18.2 Å². The number of benzene rings is 1. The molecule has 0 amide bonds. The fourth-order valence-corrected chi connectivity index (χ4v) is 3.39. The fraction of sp³-hybridized carbons (Fsp3) is 0.720. The molecule has 0 aromatic heterocycles. The third-order valence-electron chi connectivity index (χ3n) is 4.62. The molecule has 1 atom stereocenters. The van der Waals surface area contributed by atoms with Crippen molar-refractivity contribution in [2.24, 2.45) is 5.92 Å². The average molecular weight is 474 g/mol. The van der Waals surface area contributed by atoms with Gasteiger partial charge in [0.1, 0.15) is 5.75 Å². The number of thiol groups is 1. The monoisotopic (exact) mass is 473 g/mol. The Hall–Kier alpha value is -0.850. The van der Waals surface area contributed by atoms with E-state index in [4.69, 9.17) is 9.84 Å². The molecular weight excluding hydrogens is 426 g/mol. The van der Waals surface area contributed by atoms with Crippen LogP contribution in [0.4, 0.5) is 0 Å². The van der Waals surface area contributed by atoms with Crippen LogP contribution < -0.4 is 4.74 Å². The van der Waals surface area contributed by atoms with Gasteiger partial charge in [-0.2, -0.15) is 24.4 Å². The van der Waals surface area contributed by atoms with Crippen LogP contribution in [-0.2, 0) is 11.3 Å². The van der Waals surface area contributed by atoms with Gasteiger partial charge in [-0.15, -0.1) is 0 Å². The second-order valence-corrected chi connectivity index (χ2v) is 9.15. The molecule has 0 saturated carbocycles. The Labute approximate surface area is 201 Å². The van der Waals surface area contributed by atoms with Gasteiger partial charge >= 0.3 is 5.97 Å². The van der Waals surface area contributed by atoms with Crippen molar-refractivity contribution in [3.8, 4) is 5.75 Å². The standard InChI is InChI=1S/C20H33NO3S.C3H8S.C2H6/c1-5-6-16(14-25)9-10-24-18-7-8-19(15(2)3)17(11-18)12-21(4)13-20(22)23;1-3-4-2;1-2/h7-8,11,15-16,25H,5-6,9-10,12-14H2,1-4H3,(H,22,23);3H2,1-2H3;1-2H3. The first-order chi connectivity index (χ1) is 14.8. The number of carboxylic acid groups (broad SMARTS) is 1. The molecule has 6 heteroatoms. The quantitative estimate of drug-likeness (QED) is 0.307. The molecule has 0 saturated heterocycles. The Morgan fingerprint density at radius 3 is 2.29 bits per heavy atom. The topological polar surface area (TPSA) is 49.8 Å². The van der Waals surface area contributed by atoms with Gasteiger partial charge in [-0.05, 0) is 72.7 Å². The molecule has 0 bridgehead atoms. The first-order valence-corrected chi connectivity index (χ1v) is 13.6. The maximum Gasteiger partial charge on any atom is 0.317 e. The van der Waals surface area contributed by atoms with E-state index in [1.54, 1.807) is 0 Å². The van der Waals surface area contributed by atoms with E-state index in [1.165, 1.54) is 24.2 Å². The van der Waals surface area contributed by atoms with Gasteiger partial charge in [-0.1, -0.05) is 54.0 Å². The lowest BCUT2D eigenvalue weighted by molar-refractivity contribution is -0.138. The largest absolute Gasteiger partial charge is 0.494 e. The van der Waals surface area contributed by atoms with Gasteiger partial charge in [0.05, 0.1) is 13.2 Å². The van der Waals surface area contributed by atoms with Crippen LogP contribution in [0.1, 0.15) is 77.8 Å². The van der Waals surface area contributed by atoms with Crippen LogP contribution in [0.25, 0.3) is 0 Å². The molecule has 182 valence electrons. The van der Waals surface area contributed by atoms with Crippen LogP contribution in [-0.4, -0.2) is 53.9 Å². The van der Waals surface area contributed by atoms with Crippen molar-refractivity contribution in [3.63, 3.8) is 0 Å². The molecule has 0 radical (unpaired) electrons. The Balaban J connectivity index is 0. The summed E-state index contributed by atoms with van der Waals surface area (Å²) in [7, 11) is 1.83. The summed E-state index contributed by atoms with van der Waals surface area (Å²) in [5.74, 6) is 3.17. The predicted octanol–water partition coefficient (Wildman–Crippen LogP) is 6.84. The normalized spacial score (nSPS) is 11.3. The third kappa shape index (κ3) is 16.4. The van der Waals surface area contributed by atoms with Gasteiger partial charge in [0.15, 0.2) is 0 Å². The van der Waals surface area contributed by atoms with Crippen molar-refractivity contribution < 1.29 is 14.6 Å². The molecule has 1 rings (SSSR count). The zero-order chi connectivity index (χ0) is 24.2. The SMILES string of the molecule is CC.CCCC(CS)CCOc1ccc(C(C)C)c(CN(C)CC(=O)O)c1.CCSC. The Bertz CT molecular complexity index is 566. The van der Waals surface area contributed by atoms with Crippen LogP contribution in [0.2, 0.25) is 0 Å².